The summed E-state index contributed by atoms with van der Waals surface area (Å²) in [5.74, 6) is -1.01. The highest BCUT2D eigenvalue weighted by Crippen LogP contribution is 2.33. The van der Waals surface area contributed by atoms with Crippen LogP contribution in [-0.2, 0) is 6.42 Å². The van der Waals surface area contributed by atoms with Gasteiger partial charge in [-0.25, -0.2) is 4.39 Å². The molecule has 0 aliphatic carbocycles. The van der Waals surface area contributed by atoms with E-state index in [9.17, 15) is 10.2 Å². The van der Waals surface area contributed by atoms with Crippen molar-refractivity contribution in [3.8, 4) is 22.9 Å². The smallest absolute Gasteiger partial charge is 0.149 e. The van der Waals surface area contributed by atoms with Gasteiger partial charge in [0.1, 0.15) is 74.3 Å². The summed E-state index contributed by atoms with van der Waals surface area (Å²) in [6.07, 6.45) is -0.0955. The summed E-state index contributed by atoms with van der Waals surface area (Å²) in [7, 11) is 5.34. The van der Waals surface area contributed by atoms with Crippen molar-refractivity contribution in [3.63, 3.8) is 0 Å². The third kappa shape index (κ3) is 4.65. The molecule has 0 spiro atoms. The molecule has 0 radical (unpaired) electrons. The number of rotatable bonds is 4. The van der Waals surface area contributed by atoms with Crippen LogP contribution in [0.5, 0.6) is 11.5 Å². The highest BCUT2D eigenvalue weighted by Gasteiger charge is 2.23. The van der Waals surface area contributed by atoms with Crippen molar-refractivity contribution in [2.24, 2.45) is 0 Å². The van der Waals surface area contributed by atoms with Gasteiger partial charge in [0.25, 0.3) is 0 Å². The molecular formula is C26H22B3FN6O2S3. The van der Waals surface area contributed by atoms with Crippen molar-refractivity contribution >= 4 is 99.9 Å². The fourth-order valence-electron chi connectivity index (χ4n) is 4.86. The summed E-state index contributed by atoms with van der Waals surface area (Å²) in [6.45, 7) is 1.92. The van der Waals surface area contributed by atoms with Crippen molar-refractivity contribution in [1.29, 1.82) is 0 Å². The number of phenols is 2. The third-order valence-corrected chi connectivity index (χ3v) is 8.78. The molecule has 8 nitrogen and oxygen atoms in total. The molecule has 0 amide bonds. The van der Waals surface area contributed by atoms with Crippen LogP contribution in [0.25, 0.3) is 33.4 Å². The van der Waals surface area contributed by atoms with Crippen molar-refractivity contribution in [1.82, 2.24) is 30.0 Å². The average Bonchev–Trinajstić information content (AvgIpc) is 3.51. The first-order valence-electron chi connectivity index (χ1n) is 12.6. The van der Waals surface area contributed by atoms with Crippen LogP contribution in [0.15, 0.2) is 51.1 Å². The monoisotopic (exact) mass is 598 g/mol. The van der Waals surface area contributed by atoms with Crippen LogP contribution in [0.2, 0.25) is 0 Å². The second kappa shape index (κ2) is 10.1. The highest BCUT2D eigenvalue weighted by atomic mass is 32.1. The third-order valence-electron chi connectivity index (χ3n) is 7.38. The van der Waals surface area contributed by atoms with Gasteiger partial charge in [-0.3, -0.25) is 0 Å². The largest absolute Gasteiger partial charge is 0.505 e. The molecular weight excluding hydrogens is 576 g/mol. The minimum absolute atomic E-state index is 0.0142. The van der Waals surface area contributed by atoms with Crippen LogP contribution in [0, 0.1) is 12.7 Å². The van der Waals surface area contributed by atoms with Crippen LogP contribution < -0.4 is 16.4 Å². The van der Waals surface area contributed by atoms with E-state index in [2.05, 4.69) is 58.3 Å². The summed E-state index contributed by atoms with van der Waals surface area (Å²) in [4.78, 5) is 4.70. The van der Waals surface area contributed by atoms with Crippen LogP contribution in [-0.4, -0.2) is 63.7 Å². The molecule has 6 rings (SSSR count). The fourth-order valence-corrected chi connectivity index (χ4v) is 5.42. The van der Waals surface area contributed by atoms with Gasteiger partial charge >= 0.3 is 0 Å². The molecule has 2 N–H and O–H groups in total. The number of aromatic hydroxyl groups is 2. The lowest BCUT2D eigenvalue weighted by molar-refractivity contribution is 0.450. The second-order valence-electron chi connectivity index (χ2n) is 10.1. The van der Waals surface area contributed by atoms with Crippen molar-refractivity contribution in [2.75, 3.05) is 0 Å². The number of aryl methyl sites for hydroxylation is 1. The van der Waals surface area contributed by atoms with Gasteiger partial charge < -0.3 is 10.2 Å². The van der Waals surface area contributed by atoms with E-state index in [1.807, 2.05) is 28.7 Å². The van der Waals surface area contributed by atoms with E-state index in [0.717, 1.165) is 21.4 Å². The van der Waals surface area contributed by atoms with Crippen LogP contribution in [0.4, 0.5) is 4.39 Å². The lowest BCUT2D eigenvalue weighted by Gasteiger charge is -2.18. The first-order valence-corrected chi connectivity index (χ1v) is 14.0. The number of halogens is 1. The Morgan fingerprint density at radius 2 is 1.12 bits per heavy atom. The second-order valence-corrected chi connectivity index (χ2v) is 11.6. The molecule has 0 aliphatic rings. The molecule has 15 heteroatoms. The normalized spacial score (nSPS) is 11.6. The Hall–Kier alpha value is -3.55. The Bertz CT molecular complexity index is 1840. The maximum absolute atomic E-state index is 15.6. The SMILES string of the molecule is Bc1cc(-n2nc3cc(S)c(S)cc3n2)c(O)c(Cc2c(O)c(-n3nc4cc(C)c(S)cc4n3)cc(B)c2F)c1B. The standard InChI is InChI=1S/C26H22B3FN6O2S3/c1-9-2-14-15(6-20(9)39)32-36(31-14)19-5-13(28)24(30)11(26(19)38)3-10-23(29)12(27)4-18(25(10)37)35-33-16-7-21(40)22(41)8-17(16)34-35/h2,4-8,37-41H,3,27-29H2,1H3. The van der Waals surface area contributed by atoms with Gasteiger partial charge in [-0.2, -0.15) is 0 Å². The minimum atomic E-state index is -0.580. The molecule has 41 heavy (non-hydrogen) atoms. The maximum atomic E-state index is 15.6. The Balaban J connectivity index is 1.48. The molecule has 0 atom stereocenters. The summed E-state index contributed by atoms with van der Waals surface area (Å²) >= 11 is 13.3. The number of hydrogen-bond acceptors (Lipinski definition) is 9. The molecule has 0 fully saturated rings. The van der Waals surface area contributed by atoms with E-state index < -0.39 is 5.82 Å². The molecule has 0 unspecified atom stereocenters. The summed E-state index contributed by atoms with van der Waals surface area (Å²) in [6, 6.07) is 10.4. The fraction of sp³-hybridized carbons (Fsp3) is 0.0769. The molecule has 202 valence electrons. The molecule has 0 aliphatic heterocycles. The van der Waals surface area contributed by atoms with Crippen LogP contribution in [0.3, 0.4) is 0 Å². The predicted octanol–water partition coefficient (Wildman–Crippen LogP) is 0.245. The van der Waals surface area contributed by atoms with E-state index in [4.69, 9.17) is 0 Å². The number of fused-ring (bicyclic) bond motifs is 2. The Morgan fingerprint density at radius 3 is 1.66 bits per heavy atom. The number of thiol groups is 3. The lowest BCUT2D eigenvalue weighted by atomic mass is 9.75. The zero-order chi connectivity index (χ0) is 29.3. The van der Waals surface area contributed by atoms with Crippen molar-refractivity contribution in [2.45, 2.75) is 28.0 Å². The van der Waals surface area contributed by atoms with Gasteiger partial charge in [-0.15, -0.1) is 67.9 Å². The first kappa shape index (κ1) is 27.6. The number of hydrogen-bond donors (Lipinski definition) is 5. The number of phenolic OH excluding ortho intramolecular Hbond substituents is 2. The molecule has 0 bridgehead atoms. The van der Waals surface area contributed by atoms with Crippen molar-refractivity contribution in [3.05, 3.63) is 58.9 Å². The van der Waals surface area contributed by atoms with Gasteiger partial charge in [0.15, 0.2) is 0 Å². The zero-order valence-electron chi connectivity index (χ0n) is 22.5. The molecule has 6 aromatic rings. The van der Waals surface area contributed by atoms with E-state index in [-0.39, 0.29) is 29.2 Å². The zero-order valence-corrected chi connectivity index (χ0v) is 25.2. The predicted molar refractivity (Wildman–Crippen MR) is 175 cm³/mol. The van der Waals surface area contributed by atoms with E-state index >= 15 is 4.39 Å². The molecule has 2 aromatic heterocycles. The average molecular weight is 598 g/mol. The quantitative estimate of drug-likeness (QED) is 0.148. The molecule has 0 saturated heterocycles. The van der Waals surface area contributed by atoms with E-state index in [0.29, 0.717) is 48.6 Å². The van der Waals surface area contributed by atoms with Gasteiger partial charge in [0, 0.05) is 26.7 Å². The van der Waals surface area contributed by atoms with Gasteiger partial charge in [-0.1, -0.05) is 16.4 Å². The van der Waals surface area contributed by atoms with Crippen LogP contribution in [0.1, 0.15) is 16.7 Å². The van der Waals surface area contributed by atoms with Crippen molar-refractivity contribution < 1.29 is 14.6 Å². The van der Waals surface area contributed by atoms with Gasteiger partial charge in [0.2, 0.25) is 0 Å². The number of aromatic nitrogens is 6. The Morgan fingerprint density at radius 1 is 0.683 bits per heavy atom. The summed E-state index contributed by atoms with van der Waals surface area (Å²) in [5, 5.41) is 40.8. The molecule has 4 aromatic carbocycles. The Labute approximate surface area is 253 Å². The minimum Gasteiger partial charge on any atom is -0.505 e. The van der Waals surface area contributed by atoms with E-state index in [1.165, 1.54) is 15.7 Å². The topological polar surface area (TPSA) is 102 Å². The Kier molecular flexibility index (Phi) is 6.78. The molecule has 2 heterocycles. The maximum Gasteiger partial charge on any atom is 0.149 e. The van der Waals surface area contributed by atoms with Crippen LogP contribution >= 0.6 is 37.9 Å². The summed E-state index contributed by atoms with van der Waals surface area (Å²) < 4.78 is 15.6. The highest BCUT2D eigenvalue weighted by molar-refractivity contribution is 7.83. The number of nitrogens with zero attached hydrogens (tertiary/aromatic N) is 6. The van der Waals surface area contributed by atoms with Gasteiger partial charge in [-0.05, 0) is 54.4 Å². The summed E-state index contributed by atoms with van der Waals surface area (Å²) in [5.41, 5.74) is 6.20. The van der Waals surface area contributed by atoms with E-state index in [1.54, 1.807) is 32.1 Å². The first-order chi connectivity index (χ1) is 19.4. The number of benzene rings is 4. The lowest BCUT2D eigenvalue weighted by Crippen LogP contribution is -2.31. The van der Waals surface area contributed by atoms with Gasteiger partial charge in [0.05, 0.1) is 0 Å². The molecule has 0 saturated carbocycles.